The lowest BCUT2D eigenvalue weighted by Gasteiger charge is -2.10. The molecule has 0 spiro atoms. The molecule has 0 aliphatic carbocycles. The molecule has 10 rings (SSSR count). The van der Waals surface area contributed by atoms with Gasteiger partial charge in [0.2, 0.25) is 5.89 Å². The number of nitrogens with zero attached hydrogens (tertiary/aromatic N) is 5. The zero-order valence-corrected chi connectivity index (χ0v) is 26.7. The maximum absolute atomic E-state index is 6.60. The van der Waals surface area contributed by atoms with Gasteiger partial charge in [0.25, 0.3) is 0 Å². The average molecular weight is 642 g/mol. The SMILES string of the molecule is c1ccc(-c2nc(-c3ccccc3)nc(-c3ccc4c5c6c(ccc7nc(-c8ccccc8)oc76)ccc5n(-c5ccccc5)c4c3)n2)cc1. The van der Waals surface area contributed by atoms with E-state index in [0.29, 0.717) is 23.4 Å². The molecular weight excluding hydrogens is 615 g/mol. The molecule has 0 saturated heterocycles. The second-order valence-corrected chi connectivity index (χ2v) is 12.3. The van der Waals surface area contributed by atoms with E-state index in [9.17, 15) is 0 Å². The van der Waals surface area contributed by atoms with Gasteiger partial charge in [-0.3, -0.25) is 0 Å². The van der Waals surface area contributed by atoms with Gasteiger partial charge in [-0.1, -0.05) is 121 Å². The number of para-hydroxylation sites is 1. The Labute approximate surface area is 287 Å². The molecule has 0 fully saturated rings. The van der Waals surface area contributed by atoms with E-state index in [2.05, 4.69) is 65.2 Å². The van der Waals surface area contributed by atoms with Crippen LogP contribution in [0.1, 0.15) is 0 Å². The smallest absolute Gasteiger partial charge is 0.227 e. The van der Waals surface area contributed by atoms with E-state index in [1.54, 1.807) is 0 Å². The third-order valence-corrected chi connectivity index (χ3v) is 9.26. The zero-order chi connectivity index (χ0) is 33.0. The molecule has 3 heterocycles. The Morgan fingerprint density at radius 2 is 0.980 bits per heavy atom. The van der Waals surface area contributed by atoms with Crippen molar-refractivity contribution in [3.05, 3.63) is 164 Å². The molecule has 7 aromatic carbocycles. The molecule has 0 N–H and O–H groups in total. The van der Waals surface area contributed by atoms with E-state index in [4.69, 9.17) is 24.4 Å². The second-order valence-electron chi connectivity index (χ2n) is 12.3. The summed E-state index contributed by atoms with van der Waals surface area (Å²) in [5.41, 5.74) is 8.50. The van der Waals surface area contributed by atoms with Crippen LogP contribution in [-0.2, 0) is 0 Å². The van der Waals surface area contributed by atoms with Gasteiger partial charge in [-0.05, 0) is 47.9 Å². The quantitative estimate of drug-likeness (QED) is 0.187. The van der Waals surface area contributed by atoms with Crippen LogP contribution >= 0.6 is 0 Å². The number of benzene rings is 7. The highest BCUT2D eigenvalue weighted by molar-refractivity contribution is 6.27. The summed E-state index contributed by atoms with van der Waals surface area (Å²) in [5, 5.41) is 4.35. The summed E-state index contributed by atoms with van der Waals surface area (Å²) in [6.07, 6.45) is 0. The topological polar surface area (TPSA) is 69.6 Å². The van der Waals surface area contributed by atoms with Gasteiger partial charge < -0.3 is 8.98 Å². The van der Waals surface area contributed by atoms with Crippen LogP contribution in [0.5, 0.6) is 0 Å². The van der Waals surface area contributed by atoms with Crippen LogP contribution in [-0.4, -0.2) is 24.5 Å². The van der Waals surface area contributed by atoms with E-state index in [1.807, 2.05) is 103 Å². The Balaban J connectivity index is 1.26. The number of rotatable bonds is 5. The summed E-state index contributed by atoms with van der Waals surface area (Å²) < 4.78 is 8.91. The van der Waals surface area contributed by atoms with Gasteiger partial charge in [0.15, 0.2) is 23.1 Å². The molecule has 0 bridgehead atoms. The summed E-state index contributed by atoms with van der Waals surface area (Å²) in [4.78, 5) is 19.9. The Hall–Kier alpha value is -6.92. The largest absolute Gasteiger partial charge is 0.435 e. The van der Waals surface area contributed by atoms with Crippen LogP contribution in [0.2, 0.25) is 0 Å². The van der Waals surface area contributed by atoms with E-state index >= 15 is 0 Å². The molecule has 50 heavy (non-hydrogen) atoms. The molecule has 0 amide bonds. The molecule has 6 nitrogen and oxygen atoms in total. The molecule has 10 aromatic rings. The Bertz CT molecular complexity index is 2790. The van der Waals surface area contributed by atoms with Crippen LogP contribution in [0.3, 0.4) is 0 Å². The molecule has 6 heteroatoms. The van der Waals surface area contributed by atoms with Crippen LogP contribution in [0, 0.1) is 0 Å². The Morgan fingerprint density at radius 1 is 0.420 bits per heavy atom. The first kappa shape index (κ1) is 28.1. The van der Waals surface area contributed by atoms with Crippen molar-refractivity contribution in [2.75, 3.05) is 0 Å². The fraction of sp³-hybridized carbons (Fsp3) is 0. The van der Waals surface area contributed by atoms with Crippen LogP contribution in [0.4, 0.5) is 0 Å². The lowest BCUT2D eigenvalue weighted by Crippen LogP contribution is -2.00. The summed E-state index contributed by atoms with van der Waals surface area (Å²) in [6.45, 7) is 0. The first-order chi connectivity index (χ1) is 24.8. The third-order valence-electron chi connectivity index (χ3n) is 9.26. The molecule has 0 radical (unpaired) electrons. The molecule has 3 aromatic heterocycles. The van der Waals surface area contributed by atoms with Crippen molar-refractivity contribution in [3.63, 3.8) is 0 Å². The van der Waals surface area contributed by atoms with Gasteiger partial charge in [-0.15, -0.1) is 0 Å². The standard InChI is InChI=1S/C44H27N5O/c1-5-13-29(14-6-1)41-46-42(30-15-7-2-8-16-30)48-43(47-41)32-21-24-34-37(27-32)49(33-19-11-4-12-20-33)36-26-23-28-22-25-35-40(38(28)39(34)36)50-44(45-35)31-17-9-3-10-18-31/h1-27H. The van der Waals surface area contributed by atoms with Gasteiger partial charge in [-0.25, -0.2) is 19.9 Å². The lowest BCUT2D eigenvalue weighted by atomic mass is 10.0. The summed E-state index contributed by atoms with van der Waals surface area (Å²) in [6, 6.07) is 55.7. The highest BCUT2D eigenvalue weighted by Gasteiger charge is 2.21. The first-order valence-electron chi connectivity index (χ1n) is 16.6. The minimum Gasteiger partial charge on any atom is -0.435 e. The van der Waals surface area contributed by atoms with Gasteiger partial charge in [0.1, 0.15) is 5.52 Å². The Morgan fingerprint density at radius 3 is 1.62 bits per heavy atom. The predicted octanol–water partition coefficient (Wildman–Crippen LogP) is 10.9. The molecule has 0 aliphatic rings. The number of aromatic nitrogens is 5. The maximum atomic E-state index is 6.60. The van der Waals surface area contributed by atoms with Crippen LogP contribution in [0.15, 0.2) is 168 Å². The van der Waals surface area contributed by atoms with Gasteiger partial charge in [0.05, 0.1) is 11.0 Å². The molecule has 0 unspecified atom stereocenters. The minimum absolute atomic E-state index is 0.609. The number of hydrogen-bond acceptors (Lipinski definition) is 5. The highest BCUT2D eigenvalue weighted by Crippen LogP contribution is 2.42. The van der Waals surface area contributed by atoms with Crippen LogP contribution < -0.4 is 0 Å². The third kappa shape index (κ3) is 4.58. The average Bonchev–Trinajstić information content (AvgIpc) is 3.79. The summed E-state index contributed by atoms with van der Waals surface area (Å²) in [7, 11) is 0. The van der Waals surface area contributed by atoms with E-state index < -0.39 is 0 Å². The zero-order valence-electron chi connectivity index (χ0n) is 26.7. The minimum atomic E-state index is 0.609. The fourth-order valence-electron chi connectivity index (χ4n) is 6.94. The predicted molar refractivity (Wildman–Crippen MR) is 201 cm³/mol. The van der Waals surface area contributed by atoms with Gasteiger partial charge >= 0.3 is 0 Å². The number of fused-ring (bicyclic) bond motifs is 7. The number of hydrogen-bond donors (Lipinski definition) is 0. The van der Waals surface area contributed by atoms with E-state index in [0.717, 1.165) is 71.6 Å². The lowest BCUT2D eigenvalue weighted by molar-refractivity contribution is 0.623. The van der Waals surface area contributed by atoms with Crippen molar-refractivity contribution in [3.8, 4) is 51.3 Å². The van der Waals surface area contributed by atoms with Crippen molar-refractivity contribution >= 4 is 43.7 Å². The molecule has 0 saturated carbocycles. The first-order valence-corrected chi connectivity index (χ1v) is 16.6. The van der Waals surface area contributed by atoms with E-state index in [-0.39, 0.29) is 0 Å². The normalized spacial score (nSPS) is 11.6. The van der Waals surface area contributed by atoms with Crippen molar-refractivity contribution in [2.45, 2.75) is 0 Å². The van der Waals surface area contributed by atoms with Gasteiger partial charge in [0, 0.05) is 44.1 Å². The summed E-state index contributed by atoms with van der Waals surface area (Å²) >= 11 is 0. The van der Waals surface area contributed by atoms with Crippen LogP contribution in [0.25, 0.3) is 95.0 Å². The van der Waals surface area contributed by atoms with E-state index in [1.165, 1.54) is 0 Å². The number of oxazole rings is 1. The highest BCUT2D eigenvalue weighted by atomic mass is 16.3. The second kappa shape index (κ2) is 11.4. The molecule has 0 aliphatic heterocycles. The summed E-state index contributed by atoms with van der Waals surface area (Å²) in [5.74, 6) is 2.48. The molecular formula is C44H27N5O. The molecule has 0 atom stereocenters. The van der Waals surface area contributed by atoms with Gasteiger partial charge in [-0.2, -0.15) is 0 Å². The van der Waals surface area contributed by atoms with Crippen molar-refractivity contribution in [1.29, 1.82) is 0 Å². The van der Waals surface area contributed by atoms with Crippen molar-refractivity contribution < 1.29 is 4.42 Å². The monoisotopic (exact) mass is 641 g/mol. The van der Waals surface area contributed by atoms with Crippen molar-refractivity contribution in [2.24, 2.45) is 0 Å². The maximum Gasteiger partial charge on any atom is 0.227 e. The molecule has 234 valence electrons. The Kier molecular flexibility index (Phi) is 6.39. The fourth-order valence-corrected chi connectivity index (χ4v) is 6.94. The van der Waals surface area contributed by atoms with Crippen molar-refractivity contribution in [1.82, 2.24) is 24.5 Å².